The van der Waals surface area contributed by atoms with Crippen molar-refractivity contribution in [3.63, 3.8) is 0 Å². The molecule has 23 heavy (non-hydrogen) atoms. The summed E-state index contributed by atoms with van der Waals surface area (Å²) >= 11 is 0. The van der Waals surface area contributed by atoms with E-state index in [0.29, 0.717) is 25.7 Å². The van der Waals surface area contributed by atoms with Crippen LogP contribution in [-0.2, 0) is 4.74 Å². The van der Waals surface area contributed by atoms with E-state index in [9.17, 15) is 4.79 Å². The predicted molar refractivity (Wildman–Crippen MR) is 93.9 cm³/mol. The van der Waals surface area contributed by atoms with Crippen LogP contribution in [0.1, 0.15) is 13.3 Å². The Morgan fingerprint density at radius 2 is 2.17 bits per heavy atom. The van der Waals surface area contributed by atoms with E-state index in [1.54, 1.807) is 4.90 Å². The first kappa shape index (κ1) is 19.4. The van der Waals surface area contributed by atoms with Crippen molar-refractivity contribution in [2.24, 2.45) is 0 Å². The summed E-state index contributed by atoms with van der Waals surface area (Å²) in [6, 6.07) is 8.48. The molecule has 1 aromatic carbocycles. The number of oxazole rings is 1. The zero-order chi connectivity index (χ0) is 14.8. The van der Waals surface area contributed by atoms with Crippen LogP contribution in [0.2, 0.25) is 0 Å². The van der Waals surface area contributed by atoms with Gasteiger partial charge in [0.05, 0.1) is 12.6 Å². The number of hydrogen-bond acceptors (Lipinski definition) is 5. The minimum atomic E-state index is -0.244. The van der Waals surface area contributed by atoms with Crippen LogP contribution in [-0.4, -0.2) is 48.8 Å². The molecule has 1 aromatic heterocycles. The lowest BCUT2D eigenvalue weighted by Gasteiger charge is -2.22. The molecule has 1 unspecified atom stereocenters. The van der Waals surface area contributed by atoms with Crippen molar-refractivity contribution in [3.8, 4) is 0 Å². The van der Waals surface area contributed by atoms with Gasteiger partial charge in [0.2, 0.25) is 0 Å². The summed E-state index contributed by atoms with van der Waals surface area (Å²) in [5, 5.41) is 0. The fraction of sp³-hybridized carbons (Fsp3) is 0.467. The highest BCUT2D eigenvalue weighted by Crippen LogP contribution is 2.25. The van der Waals surface area contributed by atoms with Gasteiger partial charge in [-0.25, -0.2) is 4.79 Å². The topological polar surface area (TPSA) is 58.8 Å². The Kier molecular flexibility index (Phi) is 6.97. The maximum Gasteiger partial charge on any atom is 0.409 e. The quantitative estimate of drug-likeness (QED) is 0.838. The van der Waals surface area contributed by atoms with E-state index < -0.39 is 0 Å². The van der Waals surface area contributed by atoms with Gasteiger partial charge in [-0.3, -0.25) is 0 Å². The number of anilines is 1. The summed E-state index contributed by atoms with van der Waals surface area (Å²) in [6.07, 6.45) is 0.638. The predicted octanol–water partition coefficient (Wildman–Crippen LogP) is 3.34. The van der Waals surface area contributed by atoms with Gasteiger partial charge in [-0.1, -0.05) is 12.1 Å². The summed E-state index contributed by atoms with van der Waals surface area (Å²) in [5.41, 5.74) is 1.62. The van der Waals surface area contributed by atoms with E-state index in [2.05, 4.69) is 4.98 Å². The molecule has 1 fully saturated rings. The van der Waals surface area contributed by atoms with Crippen molar-refractivity contribution >= 4 is 48.0 Å². The van der Waals surface area contributed by atoms with Crippen LogP contribution >= 0.6 is 24.8 Å². The number of carbonyl (C=O) groups excluding carboxylic acids is 1. The van der Waals surface area contributed by atoms with Gasteiger partial charge in [-0.2, -0.15) is 4.98 Å². The molecular formula is C15H21Cl2N3O3. The lowest BCUT2D eigenvalue weighted by atomic mass is 10.2. The Morgan fingerprint density at radius 3 is 2.87 bits per heavy atom. The van der Waals surface area contributed by atoms with Crippen LogP contribution in [0.15, 0.2) is 28.7 Å². The van der Waals surface area contributed by atoms with E-state index in [1.807, 2.05) is 43.1 Å². The third-order valence-electron chi connectivity index (χ3n) is 3.82. The number of aromatic nitrogens is 1. The van der Waals surface area contributed by atoms with E-state index in [-0.39, 0.29) is 36.9 Å². The summed E-state index contributed by atoms with van der Waals surface area (Å²) in [4.78, 5) is 20.0. The second kappa shape index (κ2) is 8.26. The van der Waals surface area contributed by atoms with Gasteiger partial charge in [-0.05, 0) is 25.5 Å². The Labute approximate surface area is 147 Å². The SMILES string of the molecule is CCOC(=O)N1CCC(N(C)c2nc3ccccc3o2)C1.Cl.Cl. The summed E-state index contributed by atoms with van der Waals surface area (Å²) in [5.74, 6) is 0. The van der Waals surface area contributed by atoms with E-state index in [1.165, 1.54) is 0 Å². The first-order valence-corrected chi connectivity index (χ1v) is 7.19. The third-order valence-corrected chi connectivity index (χ3v) is 3.82. The van der Waals surface area contributed by atoms with Gasteiger partial charge in [-0.15, -0.1) is 24.8 Å². The Morgan fingerprint density at radius 1 is 1.43 bits per heavy atom. The van der Waals surface area contributed by atoms with Gasteiger partial charge in [0, 0.05) is 20.1 Å². The van der Waals surface area contributed by atoms with E-state index in [0.717, 1.165) is 17.5 Å². The zero-order valence-electron chi connectivity index (χ0n) is 13.1. The lowest BCUT2D eigenvalue weighted by molar-refractivity contribution is 0.115. The molecule has 3 rings (SSSR count). The van der Waals surface area contributed by atoms with Crippen LogP contribution in [0, 0.1) is 0 Å². The van der Waals surface area contributed by atoms with Crippen molar-refractivity contribution < 1.29 is 13.9 Å². The summed E-state index contributed by atoms with van der Waals surface area (Å²) < 4.78 is 10.8. The number of nitrogens with zero attached hydrogens (tertiary/aromatic N) is 3. The minimum absolute atomic E-state index is 0. The number of halogens is 2. The molecule has 1 atom stereocenters. The Balaban J connectivity index is 0.00000132. The van der Waals surface area contributed by atoms with Crippen molar-refractivity contribution in [2.75, 3.05) is 31.6 Å². The molecule has 2 heterocycles. The molecule has 0 saturated carbocycles. The number of benzene rings is 1. The lowest BCUT2D eigenvalue weighted by Crippen LogP contribution is -2.36. The summed E-state index contributed by atoms with van der Waals surface area (Å²) in [7, 11) is 1.95. The minimum Gasteiger partial charge on any atom is -0.450 e. The molecule has 0 bridgehead atoms. The van der Waals surface area contributed by atoms with Crippen LogP contribution in [0.25, 0.3) is 11.1 Å². The van der Waals surface area contributed by atoms with Crippen LogP contribution in [0.5, 0.6) is 0 Å². The molecule has 0 radical (unpaired) electrons. The first-order chi connectivity index (χ1) is 10.2. The molecule has 0 aliphatic carbocycles. The third kappa shape index (κ3) is 4.00. The van der Waals surface area contributed by atoms with Gasteiger partial charge in [0.1, 0.15) is 5.52 Å². The average Bonchev–Trinajstić information content (AvgIpc) is 3.13. The number of fused-ring (bicyclic) bond motifs is 1. The summed E-state index contributed by atoms with van der Waals surface area (Å²) in [6.45, 7) is 3.55. The van der Waals surface area contributed by atoms with E-state index in [4.69, 9.17) is 9.15 Å². The fourth-order valence-corrected chi connectivity index (χ4v) is 2.61. The van der Waals surface area contributed by atoms with Gasteiger partial charge < -0.3 is 19.0 Å². The monoisotopic (exact) mass is 361 g/mol. The molecule has 1 amide bonds. The van der Waals surface area contributed by atoms with Crippen LogP contribution < -0.4 is 4.90 Å². The number of para-hydroxylation sites is 2. The standard InChI is InChI=1S/C15H19N3O3.2ClH/c1-3-20-15(19)18-9-8-11(10-18)17(2)14-16-12-6-4-5-7-13(12)21-14;;/h4-7,11H,3,8-10H2,1-2H3;2*1H. The molecule has 1 aliphatic rings. The normalized spacial score (nSPS) is 16.6. The van der Waals surface area contributed by atoms with Crippen molar-refractivity contribution in [2.45, 2.75) is 19.4 Å². The second-order valence-corrected chi connectivity index (χ2v) is 5.16. The molecule has 128 valence electrons. The molecule has 2 aromatic rings. The number of ether oxygens (including phenoxy) is 1. The number of rotatable bonds is 3. The largest absolute Gasteiger partial charge is 0.450 e. The Bertz CT molecular complexity index is 617. The average molecular weight is 362 g/mol. The highest BCUT2D eigenvalue weighted by molar-refractivity contribution is 5.85. The molecule has 0 spiro atoms. The van der Waals surface area contributed by atoms with Crippen molar-refractivity contribution in [3.05, 3.63) is 24.3 Å². The van der Waals surface area contributed by atoms with Crippen LogP contribution in [0.4, 0.5) is 10.8 Å². The molecular weight excluding hydrogens is 341 g/mol. The maximum absolute atomic E-state index is 11.7. The Hall–Kier alpha value is -1.66. The van der Waals surface area contributed by atoms with Gasteiger partial charge >= 0.3 is 6.09 Å². The fourth-order valence-electron chi connectivity index (χ4n) is 2.61. The molecule has 1 saturated heterocycles. The smallest absolute Gasteiger partial charge is 0.409 e. The van der Waals surface area contributed by atoms with E-state index >= 15 is 0 Å². The number of carbonyl (C=O) groups is 1. The van der Waals surface area contributed by atoms with Crippen molar-refractivity contribution in [1.82, 2.24) is 9.88 Å². The maximum atomic E-state index is 11.7. The molecule has 6 nitrogen and oxygen atoms in total. The molecule has 1 aliphatic heterocycles. The first-order valence-electron chi connectivity index (χ1n) is 7.19. The second-order valence-electron chi connectivity index (χ2n) is 5.16. The molecule has 0 N–H and O–H groups in total. The van der Waals surface area contributed by atoms with Crippen molar-refractivity contribution in [1.29, 1.82) is 0 Å². The zero-order valence-corrected chi connectivity index (χ0v) is 14.7. The van der Waals surface area contributed by atoms with Gasteiger partial charge in [0.25, 0.3) is 6.01 Å². The van der Waals surface area contributed by atoms with Crippen LogP contribution in [0.3, 0.4) is 0 Å². The molecule has 8 heteroatoms. The number of amides is 1. The number of likely N-dealkylation sites (tertiary alicyclic amines) is 1. The highest BCUT2D eigenvalue weighted by Gasteiger charge is 2.31. The highest BCUT2D eigenvalue weighted by atomic mass is 35.5. The van der Waals surface area contributed by atoms with Gasteiger partial charge in [0.15, 0.2) is 5.58 Å². The number of hydrogen-bond donors (Lipinski definition) is 0. The number of likely N-dealkylation sites (N-methyl/N-ethyl adjacent to an activating group) is 1.